The van der Waals surface area contributed by atoms with Gasteiger partial charge in [-0.2, -0.15) is 0 Å². The van der Waals surface area contributed by atoms with Crippen molar-refractivity contribution in [2.45, 2.75) is 31.5 Å². The van der Waals surface area contributed by atoms with E-state index in [1.54, 1.807) is 6.07 Å². The molecule has 2 unspecified atom stereocenters. The Balaban J connectivity index is 2.10. The van der Waals surface area contributed by atoms with Crippen LogP contribution in [-0.2, 0) is 17.6 Å². The Labute approximate surface area is 93.7 Å². The highest BCUT2D eigenvalue weighted by Crippen LogP contribution is 2.27. The number of carbonyl (C=O) groups is 1. The van der Waals surface area contributed by atoms with Crippen LogP contribution in [-0.4, -0.2) is 22.2 Å². The van der Waals surface area contributed by atoms with Crippen LogP contribution in [0.15, 0.2) is 18.2 Å². The number of aliphatic hydroxyl groups excluding tert-OH is 2. The van der Waals surface area contributed by atoms with Crippen molar-refractivity contribution in [1.82, 2.24) is 0 Å². The average molecular weight is 221 g/mol. The third-order valence-electron chi connectivity index (χ3n) is 3.01. The first-order valence-electron chi connectivity index (χ1n) is 5.34. The number of hydrogen-bond donors (Lipinski definition) is 3. The fraction of sp³-hybridized carbons (Fsp3) is 0.417. The number of nitrogens with two attached hydrogens (primary N) is 1. The molecule has 0 spiro atoms. The Bertz CT molecular complexity index is 417. The van der Waals surface area contributed by atoms with Crippen molar-refractivity contribution in [3.63, 3.8) is 0 Å². The molecule has 2 atom stereocenters. The molecule has 1 aliphatic carbocycles. The van der Waals surface area contributed by atoms with Gasteiger partial charge >= 0.3 is 0 Å². The van der Waals surface area contributed by atoms with Gasteiger partial charge in [-0.15, -0.1) is 0 Å². The Morgan fingerprint density at radius 1 is 1.31 bits per heavy atom. The van der Waals surface area contributed by atoms with E-state index >= 15 is 0 Å². The highest BCUT2D eigenvalue weighted by atomic mass is 16.3. The van der Waals surface area contributed by atoms with Gasteiger partial charge in [0.15, 0.2) is 0 Å². The van der Waals surface area contributed by atoms with Crippen LogP contribution < -0.4 is 5.73 Å². The van der Waals surface area contributed by atoms with Crippen LogP contribution in [0.4, 0.5) is 0 Å². The molecular formula is C12H15NO3. The van der Waals surface area contributed by atoms with Gasteiger partial charge in [-0.25, -0.2) is 0 Å². The Morgan fingerprint density at radius 2 is 2.00 bits per heavy atom. The number of aliphatic hydroxyl groups is 2. The van der Waals surface area contributed by atoms with E-state index < -0.39 is 18.1 Å². The van der Waals surface area contributed by atoms with Crippen molar-refractivity contribution >= 4 is 5.91 Å². The molecule has 2 rings (SSSR count). The quantitative estimate of drug-likeness (QED) is 0.672. The summed E-state index contributed by atoms with van der Waals surface area (Å²) in [5.41, 5.74) is 8.11. The van der Waals surface area contributed by atoms with E-state index in [2.05, 4.69) is 0 Å². The van der Waals surface area contributed by atoms with E-state index in [0.717, 1.165) is 12.8 Å². The average Bonchev–Trinajstić information content (AvgIpc) is 2.18. The second-order valence-corrected chi connectivity index (χ2v) is 4.21. The maximum atomic E-state index is 10.6. The Kier molecular flexibility index (Phi) is 2.94. The zero-order valence-electron chi connectivity index (χ0n) is 8.89. The Morgan fingerprint density at radius 3 is 2.50 bits per heavy atom. The van der Waals surface area contributed by atoms with E-state index in [1.807, 2.05) is 12.1 Å². The summed E-state index contributed by atoms with van der Waals surface area (Å²) in [5, 5.41) is 19.4. The van der Waals surface area contributed by atoms with Crippen LogP contribution in [0, 0.1) is 0 Å². The highest BCUT2D eigenvalue weighted by Gasteiger charge is 2.22. The maximum Gasteiger partial charge on any atom is 0.220 e. The first kappa shape index (κ1) is 11.1. The SMILES string of the molecule is NC(=O)CC(O)C(O)c1ccc2c(c1)CC2. The molecule has 0 radical (unpaired) electrons. The molecule has 0 bridgehead atoms. The molecule has 0 fully saturated rings. The van der Waals surface area contributed by atoms with Crippen LogP contribution in [0.5, 0.6) is 0 Å². The fourth-order valence-corrected chi connectivity index (χ4v) is 1.94. The summed E-state index contributed by atoms with van der Waals surface area (Å²) >= 11 is 0. The summed E-state index contributed by atoms with van der Waals surface area (Å²) in [6, 6.07) is 5.62. The van der Waals surface area contributed by atoms with E-state index in [0.29, 0.717) is 5.56 Å². The van der Waals surface area contributed by atoms with Gasteiger partial charge in [0.05, 0.1) is 12.5 Å². The lowest BCUT2D eigenvalue weighted by atomic mass is 9.85. The molecule has 1 amide bonds. The fourth-order valence-electron chi connectivity index (χ4n) is 1.94. The van der Waals surface area contributed by atoms with Gasteiger partial charge in [-0.05, 0) is 29.5 Å². The van der Waals surface area contributed by atoms with Crippen LogP contribution >= 0.6 is 0 Å². The molecule has 86 valence electrons. The summed E-state index contributed by atoms with van der Waals surface area (Å²) in [4.78, 5) is 10.6. The number of aryl methyl sites for hydroxylation is 2. The third kappa shape index (κ3) is 2.08. The third-order valence-corrected chi connectivity index (χ3v) is 3.01. The normalized spacial score (nSPS) is 17.1. The van der Waals surface area contributed by atoms with Gasteiger partial charge in [0.1, 0.15) is 6.10 Å². The Hall–Kier alpha value is -1.39. The molecule has 1 aromatic rings. The molecule has 1 aromatic carbocycles. The second kappa shape index (κ2) is 4.23. The molecule has 4 nitrogen and oxygen atoms in total. The number of hydrogen-bond acceptors (Lipinski definition) is 3. The lowest BCUT2D eigenvalue weighted by molar-refractivity contribution is -0.121. The van der Waals surface area contributed by atoms with Gasteiger partial charge in [0.2, 0.25) is 5.91 Å². The summed E-state index contributed by atoms with van der Waals surface area (Å²) in [5.74, 6) is -0.615. The molecule has 0 saturated heterocycles. The zero-order valence-corrected chi connectivity index (χ0v) is 8.89. The number of fused-ring (bicyclic) bond motifs is 1. The van der Waals surface area contributed by atoms with E-state index in [1.165, 1.54) is 11.1 Å². The van der Waals surface area contributed by atoms with Crippen molar-refractivity contribution in [3.05, 3.63) is 34.9 Å². The number of carbonyl (C=O) groups excluding carboxylic acids is 1. The number of benzene rings is 1. The lowest BCUT2D eigenvalue weighted by Gasteiger charge is -2.23. The van der Waals surface area contributed by atoms with Crippen molar-refractivity contribution in [2.75, 3.05) is 0 Å². The smallest absolute Gasteiger partial charge is 0.220 e. The minimum atomic E-state index is -1.13. The van der Waals surface area contributed by atoms with Crippen molar-refractivity contribution in [1.29, 1.82) is 0 Å². The highest BCUT2D eigenvalue weighted by molar-refractivity contribution is 5.74. The van der Waals surface area contributed by atoms with Crippen LogP contribution in [0.3, 0.4) is 0 Å². The molecule has 16 heavy (non-hydrogen) atoms. The van der Waals surface area contributed by atoms with Gasteiger partial charge in [-0.1, -0.05) is 18.2 Å². The standard InChI is InChI=1S/C12H15NO3/c13-11(15)6-10(14)12(16)9-4-2-7-1-3-8(7)5-9/h2,4-5,10,12,14,16H,1,3,6H2,(H2,13,15). The molecule has 1 aliphatic rings. The summed E-state index contributed by atoms with van der Waals surface area (Å²) in [6.07, 6.45) is -0.302. The largest absolute Gasteiger partial charge is 0.390 e. The molecule has 4 N–H and O–H groups in total. The van der Waals surface area contributed by atoms with Gasteiger partial charge in [-0.3, -0.25) is 4.79 Å². The van der Waals surface area contributed by atoms with Crippen molar-refractivity contribution in [2.24, 2.45) is 5.73 Å². The molecule has 0 aromatic heterocycles. The van der Waals surface area contributed by atoms with Gasteiger partial charge < -0.3 is 15.9 Å². The summed E-state index contributed by atoms with van der Waals surface area (Å²) in [6.45, 7) is 0. The summed E-state index contributed by atoms with van der Waals surface area (Å²) in [7, 11) is 0. The van der Waals surface area contributed by atoms with Gasteiger partial charge in [0, 0.05) is 0 Å². The maximum absolute atomic E-state index is 10.6. The van der Waals surface area contributed by atoms with Gasteiger partial charge in [0.25, 0.3) is 0 Å². The lowest BCUT2D eigenvalue weighted by Crippen LogP contribution is -2.26. The predicted octanol–water partition coefficient (Wildman–Crippen LogP) is 0.0549. The molecule has 0 aliphatic heterocycles. The molecule has 0 saturated carbocycles. The topological polar surface area (TPSA) is 83.6 Å². The van der Waals surface area contributed by atoms with E-state index in [9.17, 15) is 15.0 Å². The number of rotatable bonds is 4. The minimum absolute atomic E-state index is 0.224. The van der Waals surface area contributed by atoms with Crippen molar-refractivity contribution < 1.29 is 15.0 Å². The molecule has 4 heteroatoms. The van der Waals surface area contributed by atoms with E-state index in [4.69, 9.17) is 5.73 Å². The molecule has 0 heterocycles. The zero-order chi connectivity index (χ0) is 11.7. The number of primary amides is 1. The van der Waals surface area contributed by atoms with Crippen LogP contribution in [0.1, 0.15) is 29.2 Å². The molecular weight excluding hydrogens is 206 g/mol. The number of amides is 1. The van der Waals surface area contributed by atoms with E-state index in [-0.39, 0.29) is 6.42 Å². The van der Waals surface area contributed by atoms with Crippen LogP contribution in [0.25, 0.3) is 0 Å². The first-order valence-corrected chi connectivity index (χ1v) is 5.34. The minimum Gasteiger partial charge on any atom is -0.390 e. The first-order chi connectivity index (χ1) is 7.58. The predicted molar refractivity (Wildman–Crippen MR) is 58.6 cm³/mol. The summed E-state index contributed by atoms with van der Waals surface area (Å²) < 4.78 is 0. The monoisotopic (exact) mass is 221 g/mol. The second-order valence-electron chi connectivity index (χ2n) is 4.21. The van der Waals surface area contributed by atoms with Crippen LogP contribution in [0.2, 0.25) is 0 Å². The van der Waals surface area contributed by atoms with Crippen molar-refractivity contribution in [3.8, 4) is 0 Å².